The fraction of sp³-hybridized carbons (Fsp3) is 0.103. The molecule has 0 aliphatic heterocycles. The molecule has 0 aliphatic rings. The smallest absolute Gasteiger partial charge is 0.262 e. The van der Waals surface area contributed by atoms with Crippen molar-refractivity contribution >= 4 is 12.0 Å². The number of aromatic nitrogens is 1. The molecule has 0 fully saturated rings. The normalized spacial score (nSPS) is 11.1. The minimum Gasteiger partial charge on any atom is -0.347 e. The van der Waals surface area contributed by atoms with E-state index in [1.165, 1.54) is 5.56 Å². The van der Waals surface area contributed by atoms with Crippen molar-refractivity contribution in [3.05, 3.63) is 119 Å². The Morgan fingerprint density at radius 3 is 2.15 bits per heavy atom. The van der Waals surface area contributed by atoms with Crippen LogP contribution < -0.4 is 5.32 Å². The molecule has 1 heterocycles. The Hall–Kier alpha value is -4.36. The molecule has 1 amide bonds. The van der Waals surface area contributed by atoms with Gasteiger partial charge in [-0.1, -0.05) is 72.8 Å². The fourth-order valence-corrected chi connectivity index (χ4v) is 3.94. The first kappa shape index (κ1) is 21.9. The fourth-order valence-electron chi connectivity index (χ4n) is 3.94. The van der Waals surface area contributed by atoms with Crippen molar-refractivity contribution < 1.29 is 4.79 Å². The van der Waals surface area contributed by atoms with E-state index in [0.717, 1.165) is 33.8 Å². The Balaban J connectivity index is 1.57. The van der Waals surface area contributed by atoms with E-state index < -0.39 is 0 Å². The lowest BCUT2D eigenvalue weighted by molar-refractivity contribution is -0.117. The van der Waals surface area contributed by atoms with Gasteiger partial charge in [0.25, 0.3) is 5.91 Å². The van der Waals surface area contributed by atoms with Crippen LogP contribution >= 0.6 is 0 Å². The highest BCUT2D eigenvalue weighted by Gasteiger charge is 2.14. The maximum Gasteiger partial charge on any atom is 0.262 e. The Kier molecular flexibility index (Phi) is 6.52. The lowest BCUT2D eigenvalue weighted by Crippen LogP contribution is -2.23. The quantitative estimate of drug-likeness (QED) is 0.301. The van der Waals surface area contributed by atoms with E-state index in [1.807, 2.05) is 74.5 Å². The van der Waals surface area contributed by atoms with Crippen LogP contribution in [0, 0.1) is 25.2 Å². The molecular weight excluding hydrogens is 406 g/mol. The first-order valence-electron chi connectivity index (χ1n) is 10.9. The van der Waals surface area contributed by atoms with Gasteiger partial charge in [0.15, 0.2) is 0 Å². The lowest BCUT2D eigenvalue weighted by atomic mass is 10.1. The number of aryl methyl sites for hydroxylation is 1. The highest BCUT2D eigenvalue weighted by molar-refractivity contribution is 6.01. The SMILES string of the molecule is Cc1cc(/C=C(/C#N)C(=O)NCc2ccccc2)c(C)n1-c1ccc(-c2ccccc2)cc1. The van der Waals surface area contributed by atoms with Crippen LogP contribution in [0.2, 0.25) is 0 Å². The molecule has 0 unspecified atom stereocenters. The second kappa shape index (κ2) is 9.84. The lowest BCUT2D eigenvalue weighted by Gasteiger charge is -2.11. The summed E-state index contributed by atoms with van der Waals surface area (Å²) in [6, 6.07) is 32.4. The van der Waals surface area contributed by atoms with Gasteiger partial charge >= 0.3 is 0 Å². The van der Waals surface area contributed by atoms with Crippen LogP contribution in [-0.2, 0) is 11.3 Å². The van der Waals surface area contributed by atoms with Gasteiger partial charge in [-0.3, -0.25) is 4.79 Å². The van der Waals surface area contributed by atoms with E-state index in [9.17, 15) is 10.1 Å². The van der Waals surface area contributed by atoms with Crippen LogP contribution in [0.5, 0.6) is 0 Å². The van der Waals surface area contributed by atoms with Gasteiger partial charge in [-0.05, 0) is 60.4 Å². The Morgan fingerprint density at radius 2 is 1.52 bits per heavy atom. The van der Waals surface area contributed by atoms with E-state index in [2.05, 4.69) is 46.3 Å². The van der Waals surface area contributed by atoms with Gasteiger partial charge < -0.3 is 9.88 Å². The standard InChI is InChI=1S/C29H25N3O/c1-21-17-26(18-27(19-30)29(33)31-20-23-9-5-3-6-10-23)22(2)32(21)28-15-13-25(14-16-28)24-11-7-4-8-12-24/h3-18H,20H2,1-2H3,(H,31,33)/b27-18-. The third-order valence-electron chi connectivity index (χ3n) is 5.66. The van der Waals surface area contributed by atoms with Crippen LogP contribution in [0.1, 0.15) is 22.5 Å². The van der Waals surface area contributed by atoms with E-state index in [-0.39, 0.29) is 11.5 Å². The van der Waals surface area contributed by atoms with E-state index in [4.69, 9.17) is 0 Å². The van der Waals surface area contributed by atoms with Gasteiger partial charge in [0.1, 0.15) is 11.6 Å². The molecule has 4 rings (SSSR count). The summed E-state index contributed by atoms with van der Waals surface area (Å²) in [6.07, 6.45) is 1.66. The van der Waals surface area contributed by atoms with Gasteiger partial charge in [0, 0.05) is 23.6 Å². The number of nitrogens with one attached hydrogen (secondary N) is 1. The Labute approximate surface area is 194 Å². The monoisotopic (exact) mass is 431 g/mol. The van der Waals surface area contributed by atoms with Crippen LogP contribution in [0.25, 0.3) is 22.9 Å². The topological polar surface area (TPSA) is 57.8 Å². The summed E-state index contributed by atoms with van der Waals surface area (Å²) < 4.78 is 2.14. The van der Waals surface area contributed by atoms with Gasteiger partial charge in [-0.2, -0.15) is 5.26 Å². The molecule has 0 saturated heterocycles. The maximum absolute atomic E-state index is 12.6. The number of nitriles is 1. The molecule has 33 heavy (non-hydrogen) atoms. The molecule has 4 nitrogen and oxygen atoms in total. The molecule has 0 radical (unpaired) electrons. The first-order valence-corrected chi connectivity index (χ1v) is 10.9. The summed E-state index contributed by atoms with van der Waals surface area (Å²) in [4.78, 5) is 12.6. The number of carbonyl (C=O) groups is 1. The number of benzene rings is 3. The molecule has 3 aromatic carbocycles. The average Bonchev–Trinajstić information content (AvgIpc) is 3.14. The van der Waals surface area contributed by atoms with Crippen molar-refractivity contribution in [1.82, 2.24) is 9.88 Å². The van der Waals surface area contributed by atoms with E-state index in [1.54, 1.807) is 6.08 Å². The number of amides is 1. The van der Waals surface area contributed by atoms with Crippen molar-refractivity contribution in [3.8, 4) is 22.9 Å². The third-order valence-corrected chi connectivity index (χ3v) is 5.66. The zero-order chi connectivity index (χ0) is 23.2. The molecule has 162 valence electrons. The molecular formula is C29H25N3O. The van der Waals surface area contributed by atoms with Crippen molar-refractivity contribution in [2.75, 3.05) is 0 Å². The van der Waals surface area contributed by atoms with Crippen molar-refractivity contribution in [2.24, 2.45) is 0 Å². The summed E-state index contributed by atoms with van der Waals surface area (Å²) in [5.74, 6) is -0.377. The number of carbonyl (C=O) groups excluding carboxylic acids is 1. The molecule has 0 saturated carbocycles. The van der Waals surface area contributed by atoms with Crippen molar-refractivity contribution in [3.63, 3.8) is 0 Å². The molecule has 4 aromatic rings. The highest BCUT2D eigenvalue weighted by atomic mass is 16.1. The summed E-state index contributed by atoms with van der Waals surface area (Å²) in [7, 11) is 0. The second-order valence-electron chi connectivity index (χ2n) is 7.91. The zero-order valence-electron chi connectivity index (χ0n) is 18.7. The van der Waals surface area contributed by atoms with Gasteiger partial charge in [0.05, 0.1) is 0 Å². The van der Waals surface area contributed by atoms with Gasteiger partial charge in [0.2, 0.25) is 0 Å². The predicted molar refractivity (Wildman–Crippen MR) is 133 cm³/mol. The van der Waals surface area contributed by atoms with E-state index in [0.29, 0.717) is 6.54 Å². The van der Waals surface area contributed by atoms with Gasteiger partial charge in [-0.15, -0.1) is 0 Å². The summed E-state index contributed by atoms with van der Waals surface area (Å²) >= 11 is 0. The number of nitrogens with zero attached hydrogens (tertiary/aromatic N) is 2. The molecule has 4 heteroatoms. The zero-order valence-corrected chi connectivity index (χ0v) is 18.7. The molecule has 0 spiro atoms. The summed E-state index contributed by atoms with van der Waals surface area (Å²) in [5, 5.41) is 12.4. The van der Waals surface area contributed by atoms with Gasteiger partial charge in [-0.25, -0.2) is 0 Å². The van der Waals surface area contributed by atoms with Crippen LogP contribution in [-0.4, -0.2) is 10.5 Å². The molecule has 0 atom stereocenters. The van der Waals surface area contributed by atoms with Crippen molar-refractivity contribution in [1.29, 1.82) is 5.26 Å². The minimum absolute atomic E-state index is 0.0885. The Morgan fingerprint density at radius 1 is 0.909 bits per heavy atom. The largest absolute Gasteiger partial charge is 0.347 e. The molecule has 0 aliphatic carbocycles. The maximum atomic E-state index is 12.6. The summed E-state index contributed by atoms with van der Waals surface area (Å²) in [5.41, 5.74) is 7.31. The number of hydrogen-bond acceptors (Lipinski definition) is 2. The Bertz CT molecular complexity index is 1330. The first-order chi connectivity index (χ1) is 16.1. The van der Waals surface area contributed by atoms with E-state index >= 15 is 0 Å². The van der Waals surface area contributed by atoms with Crippen LogP contribution in [0.3, 0.4) is 0 Å². The molecule has 1 aromatic heterocycles. The second-order valence-corrected chi connectivity index (χ2v) is 7.91. The predicted octanol–water partition coefficient (Wildman–Crippen LogP) is 5.98. The number of hydrogen-bond donors (Lipinski definition) is 1. The minimum atomic E-state index is -0.377. The van der Waals surface area contributed by atoms with Crippen molar-refractivity contribution in [2.45, 2.75) is 20.4 Å². The molecule has 1 N–H and O–H groups in total. The average molecular weight is 432 g/mol. The number of rotatable bonds is 6. The summed E-state index contributed by atoms with van der Waals surface area (Å²) in [6.45, 7) is 4.41. The van der Waals surface area contributed by atoms with Crippen LogP contribution in [0.15, 0.2) is 96.6 Å². The molecule has 0 bridgehead atoms. The third kappa shape index (κ3) is 4.94. The highest BCUT2D eigenvalue weighted by Crippen LogP contribution is 2.25. The van der Waals surface area contributed by atoms with Crippen LogP contribution in [0.4, 0.5) is 0 Å².